The van der Waals surface area contributed by atoms with E-state index in [9.17, 15) is 9.59 Å². The number of carbonyl (C=O) groups excluding carboxylic acids is 2. The molecule has 2 aromatic carbocycles. The summed E-state index contributed by atoms with van der Waals surface area (Å²) in [6.07, 6.45) is 1.82. The molecule has 0 saturated carbocycles. The molecular formula is C23H25N5O2S. The van der Waals surface area contributed by atoms with Crippen LogP contribution in [-0.4, -0.2) is 41.0 Å². The van der Waals surface area contributed by atoms with Crippen molar-refractivity contribution in [2.24, 2.45) is 0 Å². The molecule has 0 bridgehead atoms. The second kappa shape index (κ2) is 10.2. The third-order valence-corrected chi connectivity index (χ3v) is 5.92. The maximum Gasteiger partial charge on any atom is 0.325 e. The van der Waals surface area contributed by atoms with Gasteiger partial charge in [0.2, 0.25) is 0 Å². The van der Waals surface area contributed by atoms with Gasteiger partial charge in [0.25, 0.3) is 5.91 Å². The fraction of sp³-hybridized carbons (Fsp3) is 0.261. The first-order valence-corrected chi connectivity index (χ1v) is 11.2. The molecule has 1 saturated heterocycles. The summed E-state index contributed by atoms with van der Waals surface area (Å²) in [4.78, 5) is 31.3. The van der Waals surface area contributed by atoms with Crippen molar-refractivity contribution in [1.82, 2.24) is 15.2 Å². The Labute approximate surface area is 185 Å². The average Bonchev–Trinajstić information content (AvgIpc) is 3.25. The molecule has 31 heavy (non-hydrogen) atoms. The molecule has 7 nitrogen and oxygen atoms in total. The fourth-order valence-corrected chi connectivity index (χ4v) is 4.24. The Morgan fingerprint density at radius 2 is 1.65 bits per heavy atom. The lowest BCUT2D eigenvalue weighted by molar-refractivity contribution is 0.0904. The van der Waals surface area contributed by atoms with Crippen LogP contribution in [0.15, 0.2) is 66.0 Å². The predicted octanol–water partition coefficient (Wildman–Crippen LogP) is 4.18. The van der Waals surface area contributed by atoms with Gasteiger partial charge in [0, 0.05) is 36.7 Å². The number of amides is 3. The van der Waals surface area contributed by atoms with Crippen LogP contribution in [0, 0.1) is 0 Å². The van der Waals surface area contributed by atoms with E-state index in [2.05, 4.69) is 50.1 Å². The highest BCUT2D eigenvalue weighted by Crippen LogP contribution is 2.18. The number of carbonyl (C=O) groups is 2. The number of benzene rings is 2. The third-order valence-electron chi connectivity index (χ3n) is 5.16. The Hall–Kier alpha value is -3.23. The molecule has 4 rings (SSSR count). The van der Waals surface area contributed by atoms with Gasteiger partial charge in [0.1, 0.15) is 5.69 Å². The number of likely N-dealkylation sites (tertiary alicyclic amines) is 1. The molecule has 1 aromatic heterocycles. The van der Waals surface area contributed by atoms with E-state index in [0.717, 1.165) is 32.5 Å². The number of hydrogen-bond acceptors (Lipinski definition) is 5. The van der Waals surface area contributed by atoms with Gasteiger partial charge < -0.3 is 10.6 Å². The first-order valence-electron chi connectivity index (χ1n) is 10.3. The molecule has 1 aliphatic heterocycles. The van der Waals surface area contributed by atoms with Gasteiger partial charge in [-0.2, -0.15) is 0 Å². The van der Waals surface area contributed by atoms with Gasteiger partial charge in [-0.15, -0.1) is 11.3 Å². The molecular weight excluding hydrogens is 410 g/mol. The highest BCUT2D eigenvalue weighted by atomic mass is 32.1. The Bertz CT molecular complexity index is 1000. The zero-order chi connectivity index (χ0) is 21.5. The van der Waals surface area contributed by atoms with Crippen LogP contribution in [0.3, 0.4) is 0 Å². The third kappa shape index (κ3) is 6.13. The number of nitrogens with zero attached hydrogens (tertiary/aromatic N) is 2. The molecule has 3 amide bonds. The number of thiazole rings is 1. The lowest BCUT2D eigenvalue weighted by atomic mass is 10.0. The number of nitrogens with one attached hydrogen (secondary N) is 3. The second-order valence-electron chi connectivity index (χ2n) is 7.49. The highest BCUT2D eigenvalue weighted by Gasteiger charge is 2.22. The van der Waals surface area contributed by atoms with Gasteiger partial charge in [-0.05, 0) is 30.5 Å². The zero-order valence-electron chi connectivity index (χ0n) is 17.1. The van der Waals surface area contributed by atoms with Gasteiger partial charge in [0.15, 0.2) is 5.13 Å². The molecule has 3 N–H and O–H groups in total. The van der Waals surface area contributed by atoms with Crippen LogP contribution < -0.4 is 16.0 Å². The summed E-state index contributed by atoms with van der Waals surface area (Å²) in [5.41, 5.74) is 2.32. The fourth-order valence-electron chi connectivity index (χ4n) is 3.55. The van der Waals surface area contributed by atoms with Crippen molar-refractivity contribution in [3.05, 3.63) is 77.3 Å². The van der Waals surface area contributed by atoms with Gasteiger partial charge in [-0.25, -0.2) is 9.78 Å². The molecule has 0 atom stereocenters. The first-order chi connectivity index (χ1) is 15.2. The zero-order valence-corrected chi connectivity index (χ0v) is 17.9. The van der Waals surface area contributed by atoms with Crippen molar-refractivity contribution >= 4 is 34.1 Å². The van der Waals surface area contributed by atoms with E-state index >= 15 is 0 Å². The predicted molar refractivity (Wildman–Crippen MR) is 123 cm³/mol. The summed E-state index contributed by atoms with van der Waals surface area (Å²) in [7, 11) is 0. The van der Waals surface area contributed by atoms with Crippen molar-refractivity contribution in [2.45, 2.75) is 25.4 Å². The Kier molecular flexibility index (Phi) is 6.91. The number of para-hydroxylation sites is 1. The van der Waals surface area contributed by atoms with E-state index in [4.69, 9.17) is 0 Å². The average molecular weight is 436 g/mol. The van der Waals surface area contributed by atoms with E-state index in [1.807, 2.05) is 24.3 Å². The maximum absolute atomic E-state index is 12.6. The normalized spacial score (nSPS) is 14.7. The molecule has 1 aliphatic rings. The van der Waals surface area contributed by atoms with Crippen LogP contribution in [0.1, 0.15) is 28.9 Å². The Morgan fingerprint density at radius 1 is 0.968 bits per heavy atom. The van der Waals surface area contributed by atoms with E-state index in [0.29, 0.717) is 16.5 Å². The van der Waals surface area contributed by atoms with Gasteiger partial charge in [-0.1, -0.05) is 48.5 Å². The van der Waals surface area contributed by atoms with Crippen LogP contribution in [-0.2, 0) is 6.54 Å². The van der Waals surface area contributed by atoms with E-state index in [1.165, 1.54) is 16.9 Å². The first kappa shape index (κ1) is 21.0. The number of hydrogen-bond donors (Lipinski definition) is 3. The van der Waals surface area contributed by atoms with Crippen LogP contribution in [0.2, 0.25) is 0 Å². The van der Waals surface area contributed by atoms with E-state index < -0.39 is 6.03 Å². The smallest absolute Gasteiger partial charge is 0.325 e. The summed E-state index contributed by atoms with van der Waals surface area (Å²) < 4.78 is 0. The minimum Gasteiger partial charge on any atom is -0.348 e. The highest BCUT2D eigenvalue weighted by molar-refractivity contribution is 7.14. The Morgan fingerprint density at radius 3 is 2.35 bits per heavy atom. The van der Waals surface area contributed by atoms with Gasteiger partial charge in [-0.3, -0.25) is 15.0 Å². The number of rotatable bonds is 6. The van der Waals surface area contributed by atoms with Crippen LogP contribution in [0.5, 0.6) is 0 Å². The van der Waals surface area contributed by atoms with Crippen molar-refractivity contribution in [2.75, 3.05) is 23.7 Å². The maximum atomic E-state index is 12.6. The molecule has 3 aromatic rings. The van der Waals surface area contributed by atoms with Gasteiger partial charge >= 0.3 is 6.03 Å². The van der Waals surface area contributed by atoms with Crippen LogP contribution in [0.25, 0.3) is 0 Å². The SMILES string of the molecule is O=C(Nc1ccccc1)Nc1nc(C(=O)NC2CCN(Cc3ccccc3)CC2)cs1. The molecule has 0 unspecified atom stereocenters. The van der Waals surface area contributed by atoms with Crippen molar-refractivity contribution < 1.29 is 9.59 Å². The topological polar surface area (TPSA) is 86.4 Å². The van der Waals surface area contributed by atoms with Crippen molar-refractivity contribution in [1.29, 1.82) is 0 Å². The monoisotopic (exact) mass is 435 g/mol. The molecule has 8 heteroatoms. The number of piperidine rings is 1. The van der Waals surface area contributed by atoms with E-state index in [-0.39, 0.29) is 11.9 Å². The lowest BCUT2D eigenvalue weighted by Crippen LogP contribution is -2.44. The van der Waals surface area contributed by atoms with Crippen molar-refractivity contribution in [3.63, 3.8) is 0 Å². The number of anilines is 2. The van der Waals surface area contributed by atoms with Crippen LogP contribution >= 0.6 is 11.3 Å². The minimum absolute atomic E-state index is 0.138. The summed E-state index contributed by atoms with van der Waals surface area (Å²) in [5.74, 6) is -0.200. The lowest BCUT2D eigenvalue weighted by Gasteiger charge is -2.32. The van der Waals surface area contributed by atoms with Crippen molar-refractivity contribution in [3.8, 4) is 0 Å². The molecule has 160 valence electrons. The molecule has 0 radical (unpaired) electrons. The Balaban J connectivity index is 1.22. The summed E-state index contributed by atoms with van der Waals surface area (Å²) in [5, 5.41) is 10.5. The summed E-state index contributed by atoms with van der Waals surface area (Å²) >= 11 is 1.23. The molecule has 0 aliphatic carbocycles. The van der Waals surface area contributed by atoms with Gasteiger partial charge in [0.05, 0.1) is 0 Å². The van der Waals surface area contributed by atoms with Crippen LogP contribution in [0.4, 0.5) is 15.6 Å². The quantitative estimate of drug-likeness (QED) is 0.542. The largest absolute Gasteiger partial charge is 0.348 e. The number of urea groups is 1. The number of aromatic nitrogens is 1. The minimum atomic E-state index is -0.390. The summed E-state index contributed by atoms with van der Waals surface area (Å²) in [6.45, 7) is 2.83. The molecule has 0 spiro atoms. The van der Waals surface area contributed by atoms with E-state index in [1.54, 1.807) is 17.5 Å². The molecule has 1 fully saturated rings. The standard InChI is InChI=1S/C23H25N5O2S/c29-21(24-19-11-13-28(14-12-19)15-17-7-3-1-4-8-17)20-16-31-23(26-20)27-22(30)25-18-9-5-2-6-10-18/h1-10,16,19H,11-15H2,(H,24,29)(H2,25,26,27,30). The summed E-state index contributed by atoms with van der Waals surface area (Å²) in [6, 6.07) is 19.3. The molecule has 2 heterocycles. The second-order valence-corrected chi connectivity index (χ2v) is 8.35.